The quantitative estimate of drug-likeness (QED) is 0.800. The van der Waals surface area contributed by atoms with Gasteiger partial charge in [0.1, 0.15) is 12.4 Å². The van der Waals surface area contributed by atoms with Gasteiger partial charge in [0.05, 0.1) is 11.4 Å². The zero-order valence-electron chi connectivity index (χ0n) is 11.1. The molecular weight excluding hydrogens is 236 g/mol. The van der Waals surface area contributed by atoms with Crippen molar-refractivity contribution in [3.8, 4) is 5.75 Å². The highest BCUT2D eigenvalue weighted by Crippen LogP contribution is 2.15. The van der Waals surface area contributed by atoms with E-state index >= 15 is 0 Å². The molecule has 1 aromatic heterocycles. The predicted molar refractivity (Wildman–Crippen MR) is 78.4 cm³/mol. The van der Waals surface area contributed by atoms with Gasteiger partial charge in [-0.05, 0) is 36.8 Å². The second-order valence-electron chi connectivity index (χ2n) is 4.23. The lowest BCUT2D eigenvalue weighted by atomic mass is 10.2. The number of nitrogens with one attached hydrogen (secondary N) is 1. The maximum Gasteiger partial charge on any atom is 0.119 e. The SMILES string of the molecule is C=CCOc1ccc(CNc2cccnc2C)cc1. The molecule has 1 N–H and O–H groups in total. The lowest BCUT2D eigenvalue weighted by Gasteiger charge is -2.09. The summed E-state index contributed by atoms with van der Waals surface area (Å²) in [5, 5.41) is 3.37. The van der Waals surface area contributed by atoms with Gasteiger partial charge in [0.15, 0.2) is 0 Å². The van der Waals surface area contributed by atoms with Crippen molar-refractivity contribution < 1.29 is 4.74 Å². The Morgan fingerprint density at radius 3 is 2.74 bits per heavy atom. The van der Waals surface area contributed by atoms with E-state index in [1.165, 1.54) is 5.56 Å². The number of aryl methyl sites for hydroxylation is 1. The molecule has 0 spiro atoms. The van der Waals surface area contributed by atoms with E-state index in [0.29, 0.717) is 6.61 Å². The maximum atomic E-state index is 5.44. The normalized spacial score (nSPS) is 9.95. The van der Waals surface area contributed by atoms with Crippen molar-refractivity contribution >= 4 is 5.69 Å². The van der Waals surface area contributed by atoms with Crippen LogP contribution < -0.4 is 10.1 Å². The second-order valence-corrected chi connectivity index (χ2v) is 4.23. The molecule has 0 amide bonds. The Morgan fingerprint density at radius 1 is 1.26 bits per heavy atom. The lowest BCUT2D eigenvalue weighted by Crippen LogP contribution is -2.02. The summed E-state index contributed by atoms with van der Waals surface area (Å²) in [7, 11) is 0. The maximum absolute atomic E-state index is 5.44. The molecule has 0 fully saturated rings. The van der Waals surface area contributed by atoms with Gasteiger partial charge in [-0.25, -0.2) is 0 Å². The third-order valence-corrected chi connectivity index (χ3v) is 2.78. The van der Waals surface area contributed by atoms with Crippen LogP contribution in [0.5, 0.6) is 5.75 Å². The molecule has 3 heteroatoms. The molecule has 0 radical (unpaired) electrons. The van der Waals surface area contributed by atoms with Crippen LogP contribution in [0.2, 0.25) is 0 Å². The molecule has 0 unspecified atom stereocenters. The molecule has 0 aliphatic rings. The molecular formula is C16H18N2O. The standard InChI is InChI=1S/C16H18N2O/c1-3-11-19-15-8-6-14(7-9-15)12-18-16-5-4-10-17-13(16)2/h3-10,18H,1,11-12H2,2H3. The highest BCUT2D eigenvalue weighted by Gasteiger charge is 1.98. The van der Waals surface area contributed by atoms with Crippen LogP contribution in [-0.2, 0) is 6.54 Å². The van der Waals surface area contributed by atoms with Crippen molar-refractivity contribution in [1.82, 2.24) is 4.98 Å². The van der Waals surface area contributed by atoms with Crippen molar-refractivity contribution in [2.75, 3.05) is 11.9 Å². The lowest BCUT2D eigenvalue weighted by molar-refractivity contribution is 0.363. The fraction of sp³-hybridized carbons (Fsp3) is 0.188. The molecule has 1 heterocycles. The molecule has 0 saturated carbocycles. The fourth-order valence-electron chi connectivity index (χ4n) is 1.73. The number of hydrogen-bond donors (Lipinski definition) is 1. The first-order valence-corrected chi connectivity index (χ1v) is 6.27. The minimum absolute atomic E-state index is 0.534. The molecule has 19 heavy (non-hydrogen) atoms. The van der Waals surface area contributed by atoms with Crippen molar-refractivity contribution in [3.63, 3.8) is 0 Å². The highest BCUT2D eigenvalue weighted by molar-refractivity contribution is 5.47. The van der Waals surface area contributed by atoms with Crippen molar-refractivity contribution in [3.05, 3.63) is 66.5 Å². The van der Waals surface area contributed by atoms with Crippen LogP contribution in [0.3, 0.4) is 0 Å². The van der Waals surface area contributed by atoms with Crippen LogP contribution in [0.4, 0.5) is 5.69 Å². The number of pyridine rings is 1. The summed E-state index contributed by atoms with van der Waals surface area (Å²) in [4.78, 5) is 4.25. The summed E-state index contributed by atoms with van der Waals surface area (Å²) in [5.74, 6) is 0.862. The average Bonchev–Trinajstić information content (AvgIpc) is 2.45. The molecule has 3 nitrogen and oxygen atoms in total. The van der Waals surface area contributed by atoms with Crippen LogP contribution in [0.25, 0.3) is 0 Å². The summed E-state index contributed by atoms with van der Waals surface area (Å²) in [6, 6.07) is 12.0. The smallest absolute Gasteiger partial charge is 0.119 e. The number of benzene rings is 1. The van der Waals surface area contributed by atoms with Gasteiger partial charge in [0.25, 0.3) is 0 Å². The van der Waals surface area contributed by atoms with E-state index < -0.39 is 0 Å². The highest BCUT2D eigenvalue weighted by atomic mass is 16.5. The van der Waals surface area contributed by atoms with Crippen LogP contribution in [0.15, 0.2) is 55.3 Å². The van der Waals surface area contributed by atoms with Gasteiger partial charge in [-0.2, -0.15) is 0 Å². The topological polar surface area (TPSA) is 34.1 Å². The Kier molecular flexibility index (Phi) is 4.56. The first kappa shape index (κ1) is 13.1. The molecule has 2 aromatic rings. The zero-order valence-corrected chi connectivity index (χ0v) is 11.1. The number of rotatable bonds is 6. The summed E-state index contributed by atoms with van der Waals surface area (Å²) in [5.41, 5.74) is 3.28. The van der Waals surface area contributed by atoms with Gasteiger partial charge in [-0.15, -0.1) is 0 Å². The van der Waals surface area contributed by atoms with Gasteiger partial charge in [-0.1, -0.05) is 24.8 Å². The van der Waals surface area contributed by atoms with Crippen LogP contribution in [0.1, 0.15) is 11.3 Å². The molecule has 0 aliphatic carbocycles. The third kappa shape index (κ3) is 3.85. The minimum atomic E-state index is 0.534. The molecule has 0 bridgehead atoms. The molecule has 0 saturated heterocycles. The molecule has 0 atom stereocenters. The van der Waals surface area contributed by atoms with Crippen LogP contribution in [0, 0.1) is 6.92 Å². The van der Waals surface area contributed by atoms with Gasteiger partial charge >= 0.3 is 0 Å². The Hall–Kier alpha value is -2.29. The summed E-state index contributed by atoms with van der Waals surface area (Å²) < 4.78 is 5.44. The van der Waals surface area contributed by atoms with E-state index in [9.17, 15) is 0 Å². The predicted octanol–water partition coefficient (Wildman–Crippen LogP) is 3.57. The van der Waals surface area contributed by atoms with Gasteiger partial charge in [0.2, 0.25) is 0 Å². The molecule has 2 rings (SSSR count). The molecule has 0 aliphatic heterocycles. The van der Waals surface area contributed by atoms with Gasteiger partial charge in [0, 0.05) is 12.7 Å². The molecule has 98 valence electrons. The number of aromatic nitrogens is 1. The van der Waals surface area contributed by atoms with E-state index in [0.717, 1.165) is 23.7 Å². The number of anilines is 1. The first-order chi connectivity index (χ1) is 9.29. The monoisotopic (exact) mass is 254 g/mol. The van der Waals surface area contributed by atoms with E-state index in [2.05, 4.69) is 29.0 Å². The second kappa shape index (κ2) is 6.59. The Balaban J connectivity index is 1.93. The van der Waals surface area contributed by atoms with Crippen molar-refractivity contribution in [1.29, 1.82) is 0 Å². The summed E-state index contributed by atoms with van der Waals surface area (Å²) >= 11 is 0. The fourth-order valence-corrected chi connectivity index (χ4v) is 1.73. The van der Waals surface area contributed by atoms with Crippen LogP contribution in [-0.4, -0.2) is 11.6 Å². The number of ether oxygens (including phenoxy) is 1. The molecule has 1 aromatic carbocycles. The Labute approximate surface area is 114 Å². The number of nitrogens with zero attached hydrogens (tertiary/aromatic N) is 1. The first-order valence-electron chi connectivity index (χ1n) is 6.27. The van der Waals surface area contributed by atoms with E-state index in [-0.39, 0.29) is 0 Å². The number of hydrogen-bond acceptors (Lipinski definition) is 3. The third-order valence-electron chi connectivity index (χ3n) is 2.78. The average molecular weight is 254 g/mol. The van der Waals surface area contributed by atoms with Crippen molar-refractivity contribution in [2.24, 2.45) is 0 Å². The van der Waals surface area contributed by atoms with Crippen LogP contribution >= 0.6 is 0 Å². The van der Waals surface area contributed by atoms with E-state index in [1.807, 2.05) is 31.2 Å². The van der Waals surface area contributed by atoms with Crippen molar-refractivity contribution in [2.45, 2.75) is 13.5 Å². The van der Waals surface area contributed by atoms with Gasteiger partial charge < -0.3 is 10.1 Å². The Morgan fingerprint density at radius 2 is 2.05 bits per heavy atom. The zero-order chi connectivity index (χ0) is 13.5. The van der Waals surface area contributed by atoms with E-state index in [4.69, 9.17) is 4.74 Å². The minimum Gasteiger partial charge on any atom is -0.490 e. The van der Waals surface area contributed by atoms with Gasteiger partial charge in [-0.3, -0.25) is 4.98 Å². The Bertz CT molecular complexity index is 535. The summed E-state index contributed by atoms with van der Waals surface area (Å²) in [6.45, 7) is 6.92. The largest absolute Gasteiger partial charge is 0.490 e. The van der Waals surface area contributed by atoms with E-state index in [1.54, 1.807) is 12.3 Å². The summed E-state index contributed by atoms with van der Waals surface area (Å²) in [6.07, 6.45) is 3.53.